The Hall–Kier alpha value is -0.730. The van der Waals surface area contributed by atoms with Gasteiger partial charge in [0.15, 0.2) is 0 Å². The van der Waals surface area contributed by atoms with E-state index < -0.39 is 0 Å². The van der Waals surface area contributed by atoms with Gasteiger partial charge in [-0.3, -0.25) is 0 Å². The van der Waals surface area contributed by atoms with Crippen molar-refractivity contribution in [2.75, 3.05) is 13.2 Å². The molecule has 1 N–H and O–H groups in total. The predicted octanol–water partition coefficient (Wildman–Crippen LogP) is 3.87. The molecule has 0 aromatic heterocycles. The molecule has 0 bridgehead atoms. The van der Waals surface area contributed by atoms with E-state index in [1.807, 2.05) is 26.0 Å². The molecule has 0 spiro atoms. The zero-order valence-corrected chi connectivity index (χ0v) is 12.0. The van der Waals surface area contributed by atoms with Crippen molar-refractivity contribution in [1.82, 2.24) is 5.32 Å². The van der Waals surface area contributed by atoms with E-state index in [1.54, 1.807) is 0 Å². The molecule has 2 rings (SSSR count). The van der Waals surface area contributed by atoms with Gasteiger partial charge >= 0.3 is 0 Å². The highest BCUT2D eigenvalue weighted by molar-refractivity contribution is 6.30. The second kappa shape index (κ2) is 6.44. The molecule has 1 aliphatic carbocycles. The second-order valence-electron chi connectivity index (χ2n) is 5.15. The van der Waals surface area contributed by atoms with Gasteiger partial charge in [-0.1, -0.05) is 11.6 Å². The molecule has 1 aromatic rings. The van der Waals surface area contributed by atoms with Crippen LogP contribution < -0.4 is 10.1 Å². The van der Waals surface area contributed by atoms with Crippen LogP contribution in [0.5, 0.6) is 5.75 Å². The van der Waals surface area contributed by atoms with Crippen molar-refractivity contribution < 1.29 is 4.74 Å². The number of benzene rings is 1. The highest BCUT2D eigenvalue weighted by atomic mass is 35.5. The Morgan fingerprint density at radius 3 is 2.50 bits per heavy atom. The molecular formula is C15H22ClNO. The van der Waals surface area contributed by atoms with E-state index in [9.17, 15) is 0 Å². The predicted molar refractivity (Wildman–Crippen MR) is 76.7 cm³/mol. The van der Waals surface area contributed by atoms with Gasteiger partial charge in [0.05, 0.1) is 6.61 Å². The minimum atomic E-state index is 0.783. The first kappa shape index (κ1) is 13.7. The molecule has 0 amide bonds. The maximum atomic E-state index is 6.00. The van der Waals surface area contributed by atoms with E-state index in [0.717, 1.165) is 47.5 Å². The van der Waals surface area contributed by atoms with Crippen molar-refractivity contribution in [3.05, 3.63) is 28.3 Å². The maximum absolute atomic E-state index is 6.00. The van der Waals surface area contributed by atoms with Gasteiger partial charge in [-0.15, -0.1) is 0 Å². The van der Waals surface area contributed by atoms with Crippen LogP contribution in [0.25, 0.3) is 0 Å². The van der Waals surface area contributed by atoms with Crippen LogP contribution in [0.1, 0.15) is 36.8 Å². The lowest BCUT2D eigenvalue weighted by atomic mass is 10.1. The van der Waals surface area contributed by atoms with Crippen LogP contribution in [0, 0.1) is 13.8 Å². The number of ether oxygens (including phenoxy) is 1. The quantitative estimate of drug-likeness (QED) is 0.758. The Morgan fingerprint density at radius 2 is 1.89 bits per heavy atom. The molecule has 3 heteroatoms. The third-order valence-corrected chi connectivity index (χ3v) is 3.47. The average molecular weight is 268 g/mol. The van der Waals surface area contributed by atoms with Crippen molar-refractivity contribution in [2.45, 2.75) is 45.6 Å². The lowest BCUT2D eigenvalue weighted by Crippen LogP contribution is -2.18. The van der Waals surface area contributed by atoms with Crippen molar-refractivity contribution in [3.8, 4) is 5.75 Å². The molecule has 100 valence electrons. The molecule has 1 aromatic carbocycles. The topological polar surface area (TPSA) is 21.3 Å². The molecule has 1 fully saturated rings. The SMILES string of the molecule is Cc1cc(Cl)cc(C)c1OCCCCNC1CC1. The molecular weight excluding hydrogens is 246 g/mol. The molecule has 0 atom stereocenters. The molecule has 0 saturated heterocycles. The van der Waals surface area contributed by atoms with Crippen LogP contribution in [0.4, 0.5) is 0 Å². The van der Waals surface area contributed by atoms with Crippen molar-refractivity contribution in [3.63, 3.8) is 0 Å². The van der Waals surface area contributed by atoms with Crippen LogP contribution in [-0.2, 0) is 0 Å². The summed E-state index contributed by atoms with van der Waals surface area (Å²) in [5, 5.41) is 4.30. The minimum Gasteiger partial charge on any atom is -0.493 e. The maximum Gasteiger partial charge on any atom is 0.125 e. The van der Waals surface area contributed by atoms with Crippen LogP contribution in [0.15, 0.2) is 12.1 Å². The average Bonchev–Trinajstić information content (AvgIpc) is 3.09. The summed E-state index contributed by atoms with van der Waals surface area (Å²) >= 11 is 6.00. The summed E-state index contributed by atoms with van der Waals surface area (Å²) in [5.41, 5.74) is 2.24. The first-order valence-electron chi connectivity index (χ1n) is 6.80. The highest BCUT2D eigenvalue weighted by Crippen LogP contribution is 2.27. The Kier molecular flexibility index (Phi) is 4.90. The fourth-order valence-electron chi connectivity index (χ4n) is 2.12. The molecule has 0 unspecified atom stereocenters. The number of halogens is 1. The van der Waals surface area contributed by atoms with E-state index in [1.165, 1.54) is 19.3 Å². The molecule has 1 saturated carbocycles. The van der Waals surface area contributed by atoms with Crippen molar-refractivity contribution >= 4 is 11.6 Å². The van der Waals surface area contributed by atoms with Gasteiger partial charge in [-0.2, -0.15) is 0 Å². The highest BCUT2D eigenvalue weighted by Gasteiger charge is 2.19. The van der Waals surface area contributed by atoms with Crippen molar-refractivity contribution in [1.29, 1.82) is 0 Å². The number of rotatable bonds is 7. The summed E-state index contributed by atoms with van der Waals surface area (Å²) in [6, 6.07) is 4.73. The number of aryl methyl sites for hydroxylation is 2. The standard InChI is InChI=1S/C15H22ClNO/c1-11-9-13(16)10-12(2)15(11)18-8-4-3-7-17-14-5-6-14/h9-10,14,17H,3-8H2,1-2H3. The van der Waals surface area contributed by atoms with Gasteiger partial charge in [0.1, 0.15) is 5.75 Å². The molecule has 2 nitrogen and oxygen atoms in total. The van der Waals surface area contributed by atoms with Crippen LogP contribution >= 0.6 is 11.6 Å². The molecule has 1 aliphatic rings. The summed E-state index contributed by atoms with van der Waals surface area (Å²) in [5.74, 6) is 0.995. The molecule has 0 heterocycles. The Balaban J connectivity index is 1.68. The first-order valence-corrected chi connectivity index (χ1v) is 7.17. The molecule has 0 aliphatic heterocycles. The van der Waals surface area contributed by atoms with Gasteiger partial charge in [0, 0.05) is 11.1 Å². The minimum absolute atomic E-state index is 0.783. The Bertz CT molecular complexity index is 378. The smallest absolute Gasteiger partial charge is 0.125 e. The first-order chi connectivity index (χ1) is 8.66. The number of hydrogen-bond acceptors (Lipinski definition) is 2. The van der Waals surface area contributed by atoms with Gasteiger partial charge in [-0.25, -0.2) is 0 Å². The number of unbranched alkanes of at least 4 members (excludes halogenated alkanes) is 1. The van der Waals surface area contributed by atoms with Gasteiger partial charge in [0.2, 0.25) is 0 Å². The fraction of sp³-hybridized carbons (Fsp3) is 0.600. The summed E-state index contributed by atoms with van der Waals surface area (Å²) < 4.78 is 5.86. The summed E-state index contributed by atoms with van der Waals surface area (Å²) in [6.45, 7) is 5.99. The summed E-state index contributed by atoms with van der Waals surface area (Å²) in [7, 11) is 0. The van der Waals surface area contributed by atoms with Crippen LogP contribution in [0.3, 0.4) is 0 Å². The monoisotopic (exact) mass is 267 g/mol. The van der Waals surface area contributed by atoms with Gasteiger partial charge in [0.25, 0.3) is 0 Å². The van der Waals surface area contributed by atoms with Crippen LogP contribution in [-0.4, -0.2) is 19.2 Å². The molecule has 0 radical (unpaired) electrons. The van der Waals surface area contributed by atoms with Crippen molar-refractivity contribution in [2.24, 2.45) is 0 Å². The zero-order valence-electron chi connectivity index (χ0n) is 11.3. The van der Waals surface area contributed by atoms with E-state index in [4.69, 9.17) is 16.3 Å². The lowest BCUT2D eigenvalue weighted by molar-refractivity contribution is 0.302. The lowest BCUT2D eigenvalue weighted by Gasteiger charge is -2.12. The van der Waals surface area contributed by atoms with Gasteiger partial charge < -0.3 is 10.1 Å². The normalized spacial score (nSPS) is 14.8. The van der Waals surface area contributed by atoms with Gasteiger partial charge in [-0.05, 0) is 69.3 Å². The third-order valence-electron chi connectivity index (χ3n) is 3.25. The second-order valence-corrected chi connectivity index (χ2v) is 5.59. The summed E-state index contributed by atoms with van der Waals surface area (Å²) in [4.78, 5) is 0. The van der Waals surface area contributed by atoms with E-state index >= 15 is 0 Å². The van der Waals surface area contributed by atoms with E-state index in [-0.39, 0.29) is 0 Å². The molecule has 18 heavy (non-hydrogen) atoms. The number of hydrogen-bond donors (Lipinski definition) is 1. The number of nitrogens with one attached hydrogen (secondary N) is 1. The van der Waals surface area contributed by atoms with Crippen LogP contribution in [0.2, 0.25) is 5.02 Å². The summed E-state index contributed by atoms with van der Waals surface area (Å²) in [6.07, 6.45) is 5.00. The van der Waals surface area contributed by atoms with E-state index in [2.05, 4.69) is 5.32 Å². The third kappa shape index (κ3) is 4.18. The fourth-order valence-corrected chi connectivity index (χ4v) is 2.45. The van der Waals surface area contributed by atoms with E-state index in [0.29, 0.717) is 0 Å². The Morgan fingerprint density at radius 1 is 1.22 bits per heavy atom. The largest absolute Gasteiger partial charge is 0.493 e. The zero-order chi connectivity index (χ0) is 13.0. The Labute approximate surface area is 115 Å².